The number of nitrogens with zero attached hydrogens (tertiary/aromatic N) is 2. The lowest BCUT2D eigenvalue weighted by molar-refractivity contribution is -0.117. The number of amides is 1. The van der Waals surface area contributed by atoms with Crippen LogP contribution in [0.3, 0.4) is 0 Å². The topological polar surface area (TPSA) is 52.8 Å². The number of fused-ring (bicyclic) bond motifs is 1. The van der Waals surface area contributed by atoms with Crippen molar-refractivity contribution < 1.29 is 14.3 Å². The van der Waals surface area contributed by atoms with Gasteiger partial charge in [-0.25, -0.2) is 0 Å². The van der Waals surface area contributed by atoms with Crippen LogP contribution in [-0.4, -0.2) is 24.2 Å². The van der Waals surface area contributed by atoms with E-state index in [1.165, 1.54) is 11.3 Å². The predicted molar refractivity (Wildman–Crippen MR) is 104 cm³/mol. The summed E-state index contributed by atoms with van der Waals surface area (Å²) < 4.78 is 14.1. The van der Waals surface area contributed by atoms with Crippen LogP contribution in [0.2, 0.25) is 0 Å². The molecule has 2 aromatic carbocycles. The summed E-state index contributed by atoms with van der Waals surface area (Å²) in [6, 6.07) is 13.4. The Balaban J connectivity index is 1.98. The van der Waals surface area contributed by atoms with Crippen LogP contribution in [0.4, 0.5) is 0 Å². The molecule has 0 radical (unpaired) electrons. The van der Waals surface area contributed by atoms with Crippen LogP contribution < -0.4 is 14.3 Å². The third kappa shape index (κ3) is 3.80. The highest BCUT2D eigenvalue weighted by atomic mass is 32.1. The molecule has 3 rings (SSSR count). The van der Waals surface area contributed by atoms with Gasteiger partial charge in [-0.1, -0.05) is 29.5 Å². The molecule has 6 heteroatoms. The number of carbonyl (C=O) groups is 1. The molecule has 0 aliphatic rings. The lowest BCUT2D eigenvalue weighted by atomic mass is 10.1. The maximum Gasteiger partial charge on any atom is 0.252 e. The van der Waals surface area contributed by atoms with Crippen molar-refractivity contribution in [1.29, 1.82) is 0 Å². The maximum atomic E-state index is 12.5. The first kappa shape index (κ1) is 18.2. The standard InChI is InChI=1S/C20H22N2O3S/c1-4-22-19-16(25-5-2)10-7-11-17(19)26-20(22)21-18(23)13-14-8-6-9-15(12-14)24-3/h6-12H,4-5,13H2,1-3H3. The third-order valence-electron chi connectivity index (χ3n) is 3.99. The molecule has 0 aliphatic carbocycles. The zero-order chi connectivity index (χ0) is 18.5. The maximum absolute atomic E-state index is 12.5. The van der Waals surface area contributed by atoms with E-state index in [1.807, 2.05) is 60.9 Å². The Labute approximate surface area is 156 Å². The largest absolute Gasteiger partial charge is 0.497 e. The summed E-state index contributed by atoms with van der Waals surface area (Å²) in [6.45, 7) is 5.32. The molecule has 0 aliphatic heterocycles. The van der Waals surface area contributed by atoms with E-state index in [-0.39, 0.29) is 12.3 Å². The van der Waals surface area contributed by atoms with Gasteiger partial charge in [-0.2, -0.15) is 4.99 Å². The smallest absolute Gasteiger partial charge is 0.252 e. The van der Waals surface area contributed by atoms with E-state index >= 15 is 0 Å². The van der Waals surface area contributed by atoms with Crippen molar-refractivity contribution in [2.45, 2.75) is 26.8 Å². The van der Waals surface area contributed by atoms with Gasteiger partial charge in [0, 0.05) is 6.54 Å². The molecular formula is C20H22N2O3S. The number of aryl methyl sites for hydroxylation is 1. The van der Waals surface area contributed by atoms with E-state index in [9.17, 15) is 4.79 Å². The summed E-state index contributed by atoms with van der Waals surface area (Å²) in [6.07, 6.45) is 0.244. The fourth-order valence-corrected chi connectivity index (χ4v) is 3.98. The van der Waals surface area contributed by atoms with Crippen LogP contribution in [0, 0.1) is 0 Å². The van der Waals surface area contributed by atoms with E-state index in [0.29, 0.717) is 11.4 Å². The van der Waals surface area contributed by atoms with Crippen LogP contribution in [-0.2, 0) is 17.8 Å². The number of methoxy groups -OCH3 is 1. The molecule has 5 nitrogen and oxygen atoms in total. The van der Waals surface area contributed by atoms with Gasteiger partial charge in [-0.15, -0.1) is 0 Å². The van der Waals surface area contributed by atoms with Crippen molar-refractivity contribution in [1.82, 2.24) is 4.57 Å². The second-order valence-electron chi connectivity index (χ2n) is 5.70. The van der Waals surface area contributed by atoms with Crippen molar-refractivity contribution in [2.75, 3.05) is 13.7 Å². The Morgan fingerprint density at radius 1 is 1.19 bits per heavy atom. The lowest BCUT2D eigenvalue weighted by Gasteiger charge is -2.07. The number of rotatable bonds is 6. The van der Waals surface area contributed by atoms with Crippen molar-refractivity contribution >= 4 is 27.5 Å². The molecule has 0 N–H and O–H groups in total. The Bertz CT molecular complexity index is 988. The van der Waals surface area contributed by atoms with E-state index < -0.39 is 0 Å². The van der Waals surface area contributed by atoms with Crippen LogP contribution >= 0.6 is 11.3 Å². The third-order valence-corrected chi connectivity index (χ3v) is 5.03. The van der Waals surface area contributed by atoms with Crippen LogP contribution in [0.15, 0.2) is 47.5 Å². The van der Waals surface area contributed by atoms with Gasteiger partial charge in [0.15, 0.2) is 4.80 Å². The minimum Gasteiger partial charge on any atom is -0.497 e. The molecule has 0 bridgehead atoms. The highest BCUT2D eigenvalue weighted by Crippen LogP contribution is 2.27. The number of carbonyl (C=O) groups excluding carboxylic acids is 1. The number of hydrogen-bond donors (Lipinski definition) is 0. The zero-order valence-electron chi connectivity index (χ0n) is 15.2. The first-order valence-electron chi connectivity index (χ1n) is 8.61. The van der Waals surface area contributed by atoms with Crippen LogP contribution in [0.5, 0.6) is 11.5 Å². The lowest BCUT2D eigenvalue weighted by Crippen LogP contribution is -2.17. The van der Waals surface area contributed by atoms with Crippen molar-refractivity contribution in [3.63, 3.8) is 0 Å². The van der Waals surface area contributed by atoms with Gasteiger partial charge >= 0.3 is 0 Å². The fraction of sp³-hybridized carbons (Fsp3) is 0.300. The highest BCUT2D eigenvalue weighted by molar-refractivity contribution is 7.16. The van der Waals surface area contributed by atoms with Gasteiger partial charge in [0.2, 0.25) is 0 Å². The summed E-state index contributed by atoms with van der Waals surface area (Å²) in [5.41, 5.74) is 1.88. The van der Waals surface area contributed by atoms with E-state index in [1.54, 1.807) is 7.11 Å². The number of hydrogen-bond acceptors (Lipinski definition) is 4. The summed E-state index contributed by atoms with van der Waals surface area (Å²) >= 11 is 1.51. The van der Waals surface area contributed by atoms with Crippen LogP contribution in [0.25, 0.3) is 10.2 Å². The normalized spacial score (nSPS) is 11.7. The molecule has 0 saturated carbocycles. The first-order chi connectivity index (χ1) is 12.7. The van der Waals surface area contributed by atoms with Crippen LogP contribution in [0.1, 0.15) is 19.4 Å². The van der Waals surface area contributed by atoms with E-state index in [0.717, 1.165) is 33.8 Å². The quantitative estimate of drug-likeness (QED) is 0.663. The summed E-state index contributed by atoms with van der Waals surface area (Å²) in [7, 11) is 1.61. The minimum absolute atomic E-state index is 0.176. The Hall–Kier alpha value is -2.60. The first-order valence-corrected chi connectivity index (χ1v) is 9.43. The Kier molecular flexibility index (Phi) is 5.73. The molecule has 0 unspecified atom stereocenters. The van der Waals surface area contributed by atoms with Crippen molar-refractivity contribution in [3.8, 4) is 11.5 Å². The van der Waals surface area contributed by atoms with E-state index in [2.05, 4.69) is 4.99 Å². The molecule has 3 aromatic rings. The monoisotopic (exact) mass is 370 g/mol. The number of benzene rings is 2. The van der Waals surface area contributed by atoms with Gasteiger partial charge in [-0.3, -0.25) is 4.79 Å². The average Bonchev–Trinajstić information content (AvgIpc) is 2.99. The van der Waals surface area contributed by atoms with Gasteiger partial charge in [0.25, 0.3) is 5.91 Å². The molecule has 0 saturated heterocycles. The molecule has 0 spiro atoms. The molecule has 0 fully saturated rings. The molecule has 1 aromatic heterocycles. The summed E-state index contributed by atoms with van der Waals surface area (Å²) in [5, 5.41) is 0. The van der Waals surface area contributed by atoms with E-state index in [4.69, 9.17) is 9.47 Å². The SMILES string of the molecule is CCOc1cccc2sc(=NC(=O)Cc3cccc(OC)c3)n(CC)c12. The molecule has 26 heavy (non-hydrogen) atoms. The zero-order valence-corrected chi connectivity index (χ0v) is 16.0. The average molecular weight is 370 g/mol. The Morgan fingerprint density at radius 3 is 2.73 bits per heavy atom. The number of para-hydroxylation sites is 1. The minimum atomic E-state index is -0.176. The Morgan fingerprint density at radius 2 is 2.00 bits per heavy atom. The molecular weight excluding hydrogens is 348 g/mol. The van der Waals surface area contributed by atoms with Gasteiger partial charge in [-0.05, 0) is 43.7 Å². The molecule has 1 heterocycles. The number of ether oxygens (including phenoxy) is 2. The molecule has 1 amide bonds. The summed E-state index contributed by atoms with van der Waals surface area (Å²) in [4.78, 5) is 17.6. The summed E-state index contributed by atoms with van der Waals surface area (Å²) in [5.74, 6) is 1.39. The number of aromatic nitrogens is 1. The second-order valence-corrected chi connectivity index (χ2v) is 6.71. The van der Waals surface area contributed by atoms with Crippen molar-refractivity contribution in [2.24, 2.45) is 4.99 Å². The second kappa shape index (κ2) is 8.19. The van der Waals surface area contributed by atoms with Gasteiger partial charge in [0.1, 0.15) is 17.0 Å². The van der Waals surface area contributed by atoms with Gasteiger partial charge in [0.05, 0.1) is 24.8 Å². The highest BCUT2D eigenvalue weighted by Gasteiger charge is 2.12. The predicted octanol–water partition coefficient (Wildman–Crippen LogP) is 3.80. The van der Waals surface area contributed by atoms with Gasteiger partial charge < -0.3 is 14.0 Å². The molecule has 0 atom stereocenters. The fourth-order valence-electron chi connectivity index (χ4n) is 2.85. The number of thiazole rings is 1. The molecule has 136 valence electrons. The van der Waals surface area contributed by atoms with Crippen molar-refractivity contribution in [3.05, 3.63) is 52.8 Å².